The summed E-state index contributed by atoms with van der Waals surface area (Å²) in [5, 5.41) is 3.09. The number of halogens is 1. The molecular weight excluding hydrogens is 364 g/mol. The van der Waals surface area contributed by atoms with Crippen LogP contribution in [0.2, 0.25) is 5.02 Å². The molecule has 0 spiro atoms. The van der Waals surface area contributed by atoms with Crippen molar-refractivity contribution in [2.24, 2.45) is 0 Å². The fraction of sp³-hybridized carbons (Fsp3) is 0.588. The fourth-order valence-corrected chi connectivity index (χ4v) is 4.51. The lowest BCUT2D eigenvalue weighted by Gasteiger charge is -2.28. The summed E-state index contributed by atoms with van der Waals surface area (Å²) in [6, 6.07) is 4.79. The maximum Gasteiger partial charge on any atom is 0.239 e. The molecule has 1 amide bonds. The summed E-state index contributed by atoms with van der Waals surface area (Å²) >= 11 is 6.05. The second kappa shape index (κ2) is 8.87. The maximum atomic E-state index is 12.4. The second-order valence-electron chi connectivity index (χ2n) is 6.35. The lowest BCUT2D eigenvalue weighted by molar-refractivity contribution is -0.116. The summed E-state index contributed by atoms with van der Waals surface area (Å²) < 4.78 is 30.8. The van der Waals surface area contributed by atoms with Crippen molar-refractivity contribution in [3.63, 3.8) is 0 Å². The lowest BCUT2D eigenvalue weighted by atomic mass is 10.1. The Hall–Kier alpha value is -1.31. The molecule has 0 atom stereocenters. The average molecular weight is 389 g/mol. The molecule has 0 aromatic heterocycles. The number of carbonyl (C=O) groups excluding carboxylic acids is 1. The van der Waals surface area contributed by atoms with Crippen LogP contribution in [-0.4, -0.2) is 44.6 Å². The number of hydrogen-bond donors (Lipinski definition) is 1. The van der Waals surface area contributed by atoms with Gasteiger partial charge in [-0.15, -0.1) is 0 Å². The van der Waals surface area contributed by atoms with Gasteiger partial charge in [-0.2, -0.15) is 4.31 Å². The number of sulfonamides is 1. The first-order valence-corrected chi connectivity index (χ1v) is 10.6. The van der Waals surface area contributed by atoms with Crippen molar-refractivity contribution in [2.75, 3.05) is 25.2 Å². The highest BCUT2D eigenvalue weighted by atomic mass is 35.5. The van der Waals surface area contributed by atoms with Gasteiger partial charge in [0.25, 0.3) is 0 Å². The van der Waals surface area contributed by atoms with Gasteiger partial charge in [-0.1, -0.05) is 37.3 Å². The van der Waals surface area contributed by atoms with E-state index >= 15 is 0 Å². The Morgan fingerprint density at radius 3 is 2.44 bits per heavy atom. The zero-order valence-electron chi connectivity index (χ0n) is 14.6. The number of nitrogens with zero attached hydrogens (tertiary/aromatic N) is 1. The van der Waals surface area contributed by atoms with E-state index in [2.05, 4.69) is 5.32 Å². The predicted molar refractivity (Wildman–Crippen MR) is 99.7 cm³/mol. The number of benzene rings is 1. The van der Waals surface area contributed by atoms with E-state index in [1.165, 1.54) is 11.4 Å². The van der Waals surface area contributed by atoms with E-state index in [0.29, 0.717) is 16.5 Å². The molecule has 2 rings (SSSR count). The molecule has 0 bridgehead atoms. The molecule has 140 valence electrons. The van der Waals surface area contributed by atoms with Crippen LogP contribution in [0.25, 0.3) is 0 Å². The molecule has 0 heterocycles. The molecule has 1 aromatic carbocycles. The van der Waals surface area contributed by atoms with E-state index in [-0.39, 0.29) is 18.5 Å². The first kappa shape index (κ1) is 20.0. The SMILES string of the molecule is COc1ccc(NC(=O)CN(C2CCCCCC2)S(C)(=O)=O)cc1Cl. The number of rotatable bonds is 6. The summed E-state index contributed by atoms with van der Waals surface area (Å²) in [6.07, 6.45) is 6.98. The van der Waals surface area contributed by atoms with Crippen LogP contribution in [0.5, 0.6) is 5.75 Å². The smallest absolute Gasteiger partial charge is 0.239 e. The van der Waals surface area contributed by atoms with Gasteiger partial charge in [0, 0.05) is 11.7 Å². The number of methoxy groups -OCH3 is 1. The standard InChI is InChI=1S/C17H25ClN2O4S/c1-24-16-10-9-13(11-15(16)18)19-17(21)12-20(25(2,22)23)14-7-5-3-4-6-8-14/h9-11,14H,3-8,12H2,1-2H3,(H,19,21). The summed E-state index contributed by atoms with van der Waals surface area (Å²) in [5.74, 6) is 0.131. The van der Waals surface area contributed by atoms with E-state index in [9.17, 15) is 13.2 Å². The van der Waals surface area contributed by atoms with Crippen LogP contribution < -0.4 is 10.1 Å². The van der Waals surface area contributed by atoms with E-state index in [1.54, 1.807) is 18.2 Å². The zero-order chi connectivity index (χ0) is 18.4. The molecule has 1 saturated carbocycles. The van der Waals surface area contributed by atoms with Gasteiger partial charge in [0.2, 0.25) is 15.9 Å². The molecule has 1 fully saturated rings. The van der Waals surface area contributed by atoms with Crippen LogP contribution in [0.4, 0.5) is 5.69 Å². The molecule has 0 unspecified atom stereocenters. The fourth-order valence-electron chi connectivity index (χ4n) is 3.15. The highest BCUT2D eigenvalue weighted by Crippen LogP contribution is 2.27. The minimum Gasteiger partial charge on any atom is -0.495 e. The average Bonchev–Trinajstić information content (AvgIpc) is 2.80. The molecule has 1 aliphatic rings. The third-order valence-electron chi connectivity index (χ3n) is 4.39. The van der Waals surface area contributed by atoms with Gasteiger partial charge in [0.05, 0.1) is 24.9 Å². The number of anilines is 1. The van der Waals surface area contributed by atoms with Crippen LogP contribution in [0, 0.1) is 0 Å². The highest BCUT2D eigenvalue weighted by molar-refractivity contribution is 7.88. The Bertz CT molecular complexity index is 701. The third-order valence-corrected chi connectivity index (χ3v) is 5.97. The normalized spacial score (nSPS) is 16.5. The number of amides is 1. The molecule has 6 nitrogen and oxygen atoms in total. The largest absolute Gasteiger partial charge is 0.495 e. The summed E-state index contributed by atoms with van der Waals surface area (Å²) in [4.78, 5) is 12.4. The van der Waals surface area contributed by atoms with Gasteiger partial charge in [-0.05, 0) is 31.0 Å². The van der Waals surface area contributed by atoms with Gasteiger partial charge < -0.3 is 10.1 Å². The monoisotopic (exact) mass is 388 g/mol. The topological polar surface area (TPSA) is 75.7 Å². The Morgan fingerprint density at radius 1 is 1.28 bits per heavy atom. The predicted octanol–water partition coefficient (Wildman–Crippen LogP) is 3.27. The molecule has 0 aliphatic heterocycles. The number of nitrogens with one attached hydrogen (secondary N) is 1. The number of ether oxygens (including phenoxy) is 1. The second-order valence-corrected chi connectivity index (χ2v) is 8.69. The van der Waals surface area contributed by atoms with Gasteiger partial charge in [-0.3, -0.25) is 4.79 Å². The minimum absolute atomic E-state index is 0.109. The molecular formula is C17H25ClN2O4S. The Labute approximate surface area is 154 Å². The summed E-state index contributed by atoms with van der Waals surface area (Å²) in [5.41, 5.74) is 0.505. The van der Waals surface area contributed by atoms with Crippen molar-refractivity contribution in [1.82, 2.24) is 4.31 Å². The van der Waals surface area contributed by atoms with Crippen molar-refractivity contribution < 1.29 is 17.9 Å². The van der Waals surface area contributed by atoms with Gasteiger partial charge >= 0.3 is 0 Å². The van der Waals surface area contributed by atoms with E-state index in [0.717, 1.165) is 44.8 Å². The highest BCUT2D eigenvalue weighted by Gasteiger charge is 2.29. The van der Waals surface area contributed by atoms with Crippen molar-refractivity contribution in [1.29, 1.82) is 0 Å². The Kier molecular flexibility index (Phi) is 7.10. The minimum atomic E-state index is -3.46. The van der Waals surface area contributed by atoms with Crippen molar-refractivity contribution in [3.8, 4) is 5.75 Å². The zero-order valence-corrected chi connectivity index (χ0v) is 16.2. The van der Waals surface area contributed by atoms with Gasteiger partial charge in [0.15, 0.2) is 0 Å². The maximum absolute atomic E-state index is 12.4. The molecule has 0 radical (unpaired) electrons. The van der Waals surface area contributed by atoms with Crippen LogP contribution in [0.1, 0.15) is 38.5 Å². The van der Waals surface area contributed by atoms with E-state index in [1.807, 2.05) is 0 Å². The van der Waals surface area contributed by atoms with Crippen LogP contribution in [0.15, 0.2) is 18.2 Å². The molecule has 8 heteroatoms. The number of carbonyl (C=O) groups is 1. The lowest BCUT2D eigenvalue weighted by Crippen LogP contribution is -2.44. The van der Waals surface area contributed by atoms with Crippen LogP contribution in [0.3, 0.4) is 0 Å². The van der Waals surface area contributed by atoms with Crippen LogP contribution >= 0.6 is 11.6 Å². The molecule has 25 heavy (non-hydrogen) atoms. The summed E-state index contributed by atoms with van der Waals surface area (Å²) in [6.45, 7) is -0.187. The molecule has 1 aliphatic carbocycles. The first-order chi connectivity index (χ1) is 11.8. The molecule has 1 aromatic rings. The van der Waals surface area contributed by atoms with Gasteiger partial charge in [0.1, 0.15) is 5.75 Å². The third kappa shape index (κ3) is 5.87. The molecule has 0 saturated heterocycles. The summed E-state index contributed by atoms with van der Waals surface area (Å²) in [7, 11) is -1.95. The van der Waals surface area contributed by atoms with E-state index < -0.39 is 10.0 Å². The quantitative estimate of drug-likeness (QED) is 0.759. The first-order valence-electron chi connectivity index (χ1n) is 8.41. The Balaban J connectivity index is 2.07. The number of hydrogen-bond acceptors (Lipinski definition) is 4. The van der Waals surface area contributed by atoms with E-state index in [4.69, 9.17) is 16.3 Å². The van der Waals surface area contributed by atoms with Crippen molar-refractivity contribution in [3.05, 3.63) is 23.2 Å². The Morgan fingerprint density at radius 2 is 1.92 bits per heavy atom. The van der Waals surface area contributed by atoms with Crippen molar-refractivity contribution >= 4 is 33.2 Å². The van der Waals surface area contributed by atoms with Gasteiger partial charge in [-0.25, -0.2) is 8.42 Å². The van der Waals surface area contributed by atoms with Crippen LogP contribution in [-0.2, 0) is 14.8 Å². The van der Waals surface area contributed by atoms with Crippen molar-refractivity contribution in [2.45, 2.75) is 44.6 Å². The molecule has 1 N–H and O–H groups in total.